The molecule has 1 N–H and O–H groups in total. The van der Waals surface area contributed by atoms with E-state index in [4.69, 9.17) is 0 Å². The lowest BCUT2D eigenvalue weighted by atomic mass is 10.1. The van der Waals surface area contributed by atoms with Gasteiger partial charge in [0.05, 0.1) is 10.6 Å². The second-order valence-corrected chi connectivity index (χ2v) is 12.2. The first kappa shape index (κ1) is 29.4. The first-order valence-corrected chi connectivity index (χ1v) is 14.7. The van der Waals surface area contributed by atoms with Crippen LogP contribution in [-0.2, 0) is 26.2 Å². The fourth-order valence-corrected chi connectivity index (χ4v) is 5.88. The van der Waals surface area contributed by atoms with Gasteiger partial charge < -0.3 is 10.2 Å². The van der Waals surface area contributed by atoms with E-state index in [0.717, 1.165) is 15.4 Å². The van der Waals surface area contributed by atoms with Gasteiger partial charge >= 0.3 is 0 Å². The van der Waals surface area contributed by atoms with Gasteiger partial charge in [-0.25, -0.2) is 8.42 Å². The second-order valence-electron chi connectivity index (χ2n) is 9.40. The summed E-state index contributed by atoms with van der Waals surface area (Å²) in [4.78, 5) is 28.7. The Hall–Kier alpha value is -3.17. The highest BCUT2D eigenvalue weighted by Gasteiger charge is 2.33. The van der Waals surface area contributed by atoms with Crippen LogP contribution in [0.1, 0.15) is 38.3 Å². The van der Waals surface area contributed by atoms with Crippen LogP contribution in [0.15, 0.2) is 88.2 Å². The summed E-state index contributed by atoms with van der Waals surface area (Å²) in [5.41, 5.74) is 2.26. The normalized spacial score (nSPS) is 12.2. The fourth-order valence-electron chi connectivity index (χ4n) is 4.07. The predicted molar refractivity (Wildman–Crippen MR) is 154 cm³/mol. The van der Waals surface area contributed by atoms with Gasteiger partial charge in [-0.05, 0) is 63.1 Å². The van der Waals surface area contributed by atoms with Crippen molar-refractivity contribution >= 4 is 43.5 Å². The van der Waals surface area contributed by atoms with Gasteiger partial charge in [-0.3, -0.25) is 13.9 Å². The predicted octanol–water partition coefficient (Wildman–Crippen LogP) is 5.28. The molecule has 0 bridgehead atoms. The van der Waals surface area contributed by atoms with Gasteiger partial charge in [-0.2, -0.15) is 0 Å². The maximum absolute atomic E-state index is 14.0. The molecule has 0 spiro atoms. The zero-order valence-electron chi connectivity index (χ0n) is 22.1. The molecule has 0 heterocycles. The van der Waals surface area contributed by atoms with Gasteiger partial charge in [0.15, 0.2) is 0 Å². The van der Waals surface area contributed by atoms with E-state index in [-0.39, 0.29) is 23.4 Å². The third kappa shape index (κ3) is 7.45. The SMILES string of the molecule is CC[C@H](C(=O)NC(C)C)N(Cc1ccc(C)cc1)C(=O)CN(c1cccc(Br)c1)S(=O)(=O)c1ccccc1. The summed E-state index contributed by atoms with van der Waals surface area (Å²) in [6, 6.07) is 21.6. The van der Waals surface area contributed by atoms with Crippen molar-refractivity contribution in [2.75, 3.05) is 10.8 Å². The molecule has 7 nitrogen and oxygen atoms in total. The van der Waals surface area contributed by atoms with Gasteiger partial charge in [0.25, 0.3) is 10.0 Å². The third-order valence-electron chi connectivity index (χ3n) is 6.00. The van der Waals surface area contributed by atoms with Crippen molar-refractivity contribution in [2.45, 2.75) is 57.6 Å². The van der Waals surface area contributed by atoms with Crippen LogP contribution in [0.4, 0.5) is 5.69 Å². The number of anilines is 1. The van der Waals surface area contributed by atoms with Gasteiger partial charge in [-0.1, -0.05) is 76.9 Å². The summed E-state index contributed by atoms with van der Waals surface area (Å²) in [6.07, 6.45) is 0.373. The molecule has 3 aromatic carbocycles. The Labute approximate surface area is 234 Å². The Bertz CT molecular complexity index is 1350. The number of sulfonamides is 1. The number of carbonyl (C=O) groups is 2. The lowest BCUT2D eigenvalue weighted by Crippen LogP contribution is -2.53. The van der Waals surface area contributed by atoms with Crippen LogP contribution in [0.5, 0.6) is 0 Å². The van der Waals surface area contributed by atoms with E-state index in [2.05, 4.69) is 21.2 Å². The summed E-state index contributed by atoms with van der Waals surface area (Å²) in [5.74, 6) is -0.751. The van der Waals surface area contributed by atoms with E-state index in [1.165, 1.54) is 17.0 Å². The summed E-state index contributed by atoms with van der Waals surface area (Å²) in [5, 5.41) is 2.90. The number of nitrogens with zero attached hydrogens (tertiary/aromatic N) is 2. The maximum Gasteiger partial charge on any atom is 0.264 e. The van der Waals surface area contributed by atoms with Crippen LogP contribution < -0.4 is 9.62 Å². The molecule has 202 valence electrons. The summed E-state index contributed by atoms with van der Waals surface area (Å²) in [7, 11) is -4.09. The van der Waals surface area contributed by atoms with Crippen molar-refractivity contribution in [1.82, 2.24) is 10.2 Å². The molecule has 1 atom stereocenters. The van der Waals surface area contributed by atoms with Gasteiger partial charge in [-0.15, -0.1) is 0 Å². The van der Waals surface area contributed by atoms with E-state index in [9.17, 15) is 18.0 Å². The molecule has 0 aromatic heterocycles. The number of halogens is 1. The number of aryl methyl sites for hydroxylation is 1. The molecule has 3 rings (SSSR count). The smallest absolute Gasteiger partial charge is 0.264 e. The molecule has 0 saturated heterocycles. The Balaban J connectivity index is 2.05. The Morgan fingerprint density at radius 3 is 2.18 bits per heavy atom. The highest BCUT2D eigenvalue weighted by Crippen LogP contribution is 2.27. The lowest BCUT2D eigenvalue weighted by molar-refractivity contribution is -0.140. The van der Waals surface area contributed by atoms with Gasteiger partial charge in [0.2, 0.25) is 11.8 Å². The summed E-state index contributed by atoms with van der Waals surface area (Å²) < 4.78 is 29.3. The van der Waals surface area contributed by atoms with Crippen molar-refractivity contribution in [3.63, 3.8) is 0 Å². The monoisotopic (exact) mass is 599 g/mol. The minimum atomic E-state index is -4.09. The van der Waals surface area contributed by atoms with Crippen molar-refractivity contribution in [3.05, 3.63) is 94.5 Å². The van der Waals surface area contributed by atoms with E-state index >= 15 is 0 Å². The largest absolute Gasteiger partial charge is 0.352 e. The molecule has 0 aliphatic heterocycles. The molecule has 9 heteroatoms. The molecular weight excluding hydrogens is 566 g/mol. The summed E-state index contributed by atoms with van der Waals surface area (Å²) in [6.45, 7) is 7.23. The number of rotatable bonds is 11. The first-order valence-electron chi connectivity index (χ1n) is 12.5. The van der Waals surface area contributed by atoms with Crippen LogP contribution in [0.3, 0.4) is 0 Å². The van der Waals surface area contributed by atoms with Gasteiger partial charge in [0.1, 0.15) is 12.6 Å². The molecule has 0 saturated carbocycles. The van der Waals surface area contributed by atoms with E-state index in [1.807, 2.05) is 52.0 Å². The Morgan fingerprint density at radius 2 is 1.61 bits per heavy atom. The standard InChI is InChI=1S/C29H34BrN3O4S/c1-5-27(29(35)31-21(2)3)32(19-23-16-14-22(4)15-17-23)28(34)20-33(25-11-9-10-24(30)18-25)38(36,37)26-12-7-6-8-13-26/h6-18,21,27H,5,19-20H2,1-4H3,(H,31,35)/t27-/m1/s1. The summed E-state index contributed by atoms with van der Waals surface area (Å²) >= 11 is 3.41. The second kappa shape index (κ2) is 13.1. The van der Waals surface area contributed by atoms with Crippen LogP contribution >= 0.6 is 15.9 Å². The van der Waals surface area contributed by atoms with Crippen molar-refractivity contribution in [3.8, 4) is 0 Å². The van der Waals surface area contributed by atoms with Crippen LogP contribution in [0.2, 0.25) is 0 Å². The average Bonchev–Trinajstić information content (AvgIpc) is 2.88. The molecule has 0 unspecified atom stereocenters. The molecule has 38 heavy (non-hydrogen) atoms. The lowest BCUT2D eigenvalue weighted by Gasteiger charge is -2.33. The molecule has 3 aromatic rings. The van der Waals surface area contributed by atoms with Crippen LogP contribution in [-0.4, -0.2) is 43.8 Å². The van der Waals surface area contributed by atoms with Crippen molar-refractivity contribution < 1.29 is 18.0 Å². The zero-order chi connectivity index (χ0) is 27.9. The number of nitrogens with one attached hydrogen (secondary N) is 1. The number of amides is 2. The number of carbonyl (C=O) groups excluding carboxylic acids is 2. The topological polar surface area (TPSA) is 86.8 Å². The zero-order valence-corrected chi connectivity index (χ0v) is 24.5. The average molecular weight is 601 g/mol. The highest BCUT2D eigenvalue weighted by atomic mass is 79.9. The van der Waals surface area contributed by atoms with Crippen LogP contribution in [0.25, 0.3) is 0 Å². The maximum atomic E-state index is 14.0. The molecular formula is C29H34BrN3O4S. The molecule has 0 radical (unpaired) electrons. The van der Waals surface area contributed by atoms with Crippen molar-refractivity contribution in [2.24, 2.45) is 0 Å². The number of hydrogen-bond acceptors (Lipinski definition) is 4. The molecule has 0 fully saturated rings. The fraction of sp³-hybridized carbons (Fsp3) is 0.310. The number of hydrogen-bond donors (Lipinski definition) is 1. The number of benzene rings is 3. The van der Waals surface area contributed by atoms with E-state index in [0.29, 0.717) is 16.6 Å². The Kier molecular flexibility index (Phi) is 10.1. The minimum Gasteiger partial charge on any atom is -0.352 e. The third-order valence-corrected chi connectivity index (χ3v) is 8.28. The highest BCUT2D eigenvalue weighted by molar-refractivity contribution is 9.10. The molecule has 0 aliphatic rings. The van der Waals surface area contributed by atoms with E-state index < -0.39 is 28.5 Å². The van der Waals surface area contributed by atoms with Gasteiger partial charge in [0, 0.05) is 17.1 Å². The van der Waals surface area contributed by atoms with Crippen LogP contribution in [0, 0.1) is 6.92 Å². The van der Waals surface area contributed by atoms with Crippen molar-refractivity contribution in [1.29, 1.82) is 0 Å². The minimum absolute atomic E-state index is 0.0717. The molecule has 2 amide bonds. The molecule has 0 aliphatic carbocycles. The first-order chi connectivity index (χ1) is 18.0. The quantitative estimate of drug-likeness (QED) is 0.324. The van der Waals surface area contributed by atoms with E-state index in [1.54, 1.807) is 42.5 Å². The Morgan fingerprint density at radius 1 is 0.947 bits per heavy atom.